The first-order valence-corrected chi connectivity index (χ1v) is 6.42. The summed E-state index contributed by atoms with van der Waals surface area (Å²) in [5, 5.41) is 3.12. The van der Waals surface area contributed by atoms with Crippen LogP contribution in [0, 0.1) is 6.92 Å². The maximum Gasteiger partial charge on any atom is 0.252 e. The van der Waals surface area contributed by atoms with Gasteiger partial charge in [0.05, 0.1) is 5.56 Å². The van der Waals surface area contributed by atoms with Crippen LogP contribution in [0.5, 0.6) is 11.5 Å². The van der Waals surface area contributed by atoms with Crippen molar-refractivity contribution in [1.82, 2.24) is 5.32 Å². The maximum absolute atomic E-state index is 11.4. The van der Waals surface area contributed by atoms with Gasteiger partial charge < -0.3 is 15.8 Å². The third-order valence-electron chi connectivity index (χ3n) is 3.06. The van der Waals surface area contributed by atoms with Gasteiger partial charge in [0.1, 0.15) is 11.5 Å². The summed E-state index contributed by atoms with van der Waals surface area (Å²) in [5.74, 6) is 0.668. The second-order valence-electron chi connectivity index (χ2n) is 4.58. The fraction of sp³-hybridized carbons (Fsp3) is 0.188. The Labute approximate surface area is 118 Å². The van der Waals surface area contributed by atoms with Crippen LogP contribution in [0.1, 0.15) is 21.5 Å². The number of para-hydroxylation sites is 1. The molecule has 20 heavy (non-hydrogen) atoms. The van der Waals surface area contributed by atoms with Crippen LogP contribution in [0.2, 0.25) is 0 Å². The van der Waals surface area contributed by atoms with Crippen LogP contribution in [-0.4, -0.2) is 13.0 Å². The Morgan fingerprint density at radius 3 is 2.65 bits per heavy atom. The van der Waals surface area contributed by atoms with Crippen molar-refractivity contribution in [3.05, 3.63) is 59.2 Å². The standard InChI is InChI=1S/C16H18N2O2/c1-11-9-13(8-7-12(11)10-18-2)20-15-6-4-3-5-14(15)16(17)19/h3-9,18H,10H2,1-2H3,(H2,17,19). The van der Waals surface area contributed by atoms with Crippen LogP contribution in [0.25, 0.3) is 0 Å². The molecule has 104 valence electrons. The number of nitrogens with two attached hydrogens (primary N) is 1. The summed E-state index contributed by atoms with van der Waals surface area (Å²) in [5.41, 5.74) is 8.06. The molecule has 0 aliphatic rings. The number of carbonyl (C=O) groups excluding carboxylic acids is 1. The molecular formula is C16H18N2O2. The number of benzene rings is 2. The zero-order valence-corrected chi connectivity index (χ0v) is 11.6. The van der Waals surface area contributed by atoms with Crippen LogP contribution in [0.4, 0.5) is 0 Å². The van der Waals surface area contributed by atoms with Gasteiger partial charge >= 0.3 is 0 Å². The Balaban J connectivity index is 2.27. The number of amides is 1. The first-order chi connectivity index (χ1) is 9.61. The zero-order valence-electron chi connectivity index (χ0n) is 11.6. The fourth-order valence-electron chi connectivity index (χ4n) is 2.01. The van der Waals surface area contributed by atoms with Gasteiger partial charge in [-0.3, -0.25) is 4.79 Å². The predicted octanol–water partition coefficient (Wildman–Crippen LogP) is 2.61. The quantitative estimate of drug-likeness (QED) is 0.877. The largest absolute Gasteiger partial charge is 0.457 e. The number of aryl methyl sites for hydroxylation is 1. The number of hydrogen-bond acceptors (Lipinski definition) is 3. The third kappa shape index (κ3) is 3.16. The minimum absolute atomic E-state index is 0.379. The predicted molar refractivity (Wildman–Crippen MR) is 79.0 cm³/mol. The summed E-state index contributed by atoms with van der Waals surface area (Å²) in [6.45, 7) is 2.84. The minimum atomic E-state index is -0.496. The second kappa shape index (κ2) is 6.21. The van der Waals surface area contributed by atoms with Crippen LogP contribution >= 0.6 is 0 Å². The van der Waals surface area contributed by atoms with Gasteiger partial charge in [0.25, 0.3) is 5.91 Å². The fourth-order valence-corrected chi connectivity index (χ4v) is 2.01. The molecule has 0 spiro atoms. The Bertz CT molecular complexity index is 624. The van der Waals surface area contributed by atoms with Crippen LogP contribution in [0.3, 0.4) is 0 Å². The minimum Gasteiger partial charge on any atom is -0.457 e. The van der Waals surface area contributed by atoms with E-state index in [-0.39, 0.29) is 0 Å². The Morgan fingerprint density at radius 2 is 2.00 bits per heavy atom. The van der Waals surface area contributed by atoms with E-state index in [2.05, 4.69) is 5.32 Å². The van der Waals surface area contributed by atoms with Crippen molar-refractivity contribution >= 4 is 5.91 Å². The molecule has 4 nitrogen and oxygen atoms in total. The second-order valence-corrected chi connectivity index (χ2v) is 4.58. The molecule has 0 unspecified atom stereocenters. The van der Waals surface area contributed by atoms with E-state index in [0.717, 1.165) is 12.1 Å². The molecule has 0 bridgehead atoms. The molecule has 0 saturated heterocycles. The van der Waals surface area contributed by atoms with Crippen molar-refractivity contribution < 1.29 is 9.53 Å². The monoisotopic (exact) mass is 270 g/mol. The average Bonchev–Trinajstić information content (AvgIpc) is 2.42. The van der Waals surface area contributed by atoms with Gasteiger partial charge in [-0.1, -0.05) is 18.2 Å². The van der Waals surface area contributed by atoms with E-state index in [4.69, 9.17) is 10.5 Å². The molecule has 0 atom stereocenters. The number of ether oxygens (including phenoxy) is 1. The summed E-state index contributed by atoms with van der Waals surface area (Å²) in [6.07, 6.45) is 0. The highest BCUT2D eigenvalue weighted by Gasteiger charge is 2.09. The smallest absolute Gasteiger partial charge is 0.252 e. The number of rotatable bonds is 5. The van der Waals surface area contributed by atoms with Gasteiger partial charge in [0.15, 0.2) is 0 Å². The topological polar surface area (TPSA) is 64.3 Å². The molecule has 0 fully saturated rings. The number of primary amides is 1. The highest BCUT2D eigenvalue weighted by atomic mass is 16.5. The molecule has 0 radical (unpaired) electrons. The van der Waals surface area contributed by atoms with E-state index in [0.29, 0.717) is 17.1 Å². The van der Waals surface area contributed by atoms with E-state index in [1.54, 1.807) is 18.2 Å². The lowest BCUT2D eigenvalue weighted by atomic mass is 10.1. The molecule has 2 aromatic rings. The van der Waals surface area contributed by atoms with Crippen molar-refractivity contribution in [1.29, 1.82) is 0 Å². The van der Waals surface area contributed by atoms with E-state index >= 15 is 0 Å². The summed E-state index contributed by atoms with van der Waals surface area (Å²) in [6, 6.07) is 12.8. The summed E-state index contributed by atoms with van der Waals surface area (Å²) >= 11 is 0. The normalized spacial score (nSPS) is 10.3. The lowest BCUT2D eigenvalue weighted by Gasteiger charge is -2.11. The average molecular weight is 270 g/mol. The van der Waals surface area contributed by atoms with Gasteiger partial charge in [-0.2, -0.15) is 0 Å². The molecule has 0 aromatic heterocycles. The maximum atomic E-state index is 11.4. The van der Waals surface area contributed by atoms with Gasteiger partial charge in [0.2, 0.25) is 0 Å². The van der Waals surface area contributed by atoms with Gasteiger partial charge in [-0.15, -0.1) is 0 Å². The van der Waals surface area contributed by atoms with Crippen LogP contribution in [0.15, 0.2) is 42.5 Å². The van der Waals surface area contributed by atoms with Crippen molar-refractivity contribution in [2.45, 2.75) is 13.5 Å². The van der Waals surface area contributed by atoms with Crippen LogP contribution < -0.4 is 15.8 Å². The third-order valence-corrected chi connectivity index (χ3v) is 3.06. The van der Waals surface area contributed by atoms with E-state index in [9.17, 15) is 4.79 Å². The van der Waals surface area contributed by atoms with E-state index in [1.807, 2.05) is 38.2 Å². The van der Waals surface area contributed by atoms with Gasteiger partial charge in [0, 0.05) is 6.54 Å². The molecule has 0 aliphatic carbocycles. The first kappa shape index (κ1) is 14.1. The molecule has 0 saturated carbocycles. The molecule has 2 rings (SSSR count). The molecule has 0 heterocycles. The number of nitrogens with one attached hydrogen (secondary N) is 1. The molecular weight excluding hydrogens is 252 g/mol. The lowest BCUT2D eigenvalue weighted by Crippen LogP contribution is -2.12. The van der Waals surface area contributed by atoms with Crippen molar-refractivity contribution in [2.75, 3.05) is 7.05 Å². The highest BCUT2D eigenvalue weighted by molar-refractivity contribution is 5.95. The van der Waals surface area contributed by atoms with Gasteiger partial charge in [-0.05, 0) is 49.4 Å². The summed E-state index contributed by atoms with van der Waals surface area (Å²) in [7, 11) is 1.91. The van der Waals surface area contributed by atoms with Crippen molar-refractivity contribution in [3.63, 3.8) is 0 Å². The zero-order chi connectivity index (χ0) is 14.5. The first-order valence-electron chi connectivity index (χ1n) is 6.42. The highest BCUT2D eigenvalue weighted by Crippen LogP contribution is 2.26. The Morgan fingerprint density at radius 1 is 1.25 bits per heavy atom. The van der Waals surface area contributed by atoms with Crippen molar-refractivity contribution in [3.8, 4) is 11.5 Å². The molecule has 2 aromatic carbocycles. The molecule has 3 N–H and O–H groups in total. The molecule has 1 amide bonds. The van der Waals surface area contributed by atoms with Crippen molar-refractivity contribution in [2.24, 2.45) is 5.73 Å². The van der Waals surface area contributed by atoms with E-state index in [1.165, 1.54) is 5.56 Å². The lowest BCUT2D eigenvalue weighted by molar-refractivity contribution is 0.0998. The SMILES string of the molecule is CNCc1ccc(Oc2ccccc2C(N)=O)cc1C. The number of hydrogen-bond donors (Lipinski definition) is 2. The van der Waals surface area contributed by atoms with E-state index < -0.39 is 5.91 Å². The Hall–Kier alpha value is -2.33. The molecule has 4 heteroatoms. The van der Waals surface area contributed by atoms with Crippen LogP contribution in [-0.2, 0) is 6.54 Å². The molecule has 0 aliphatic heterocycles. The van der Waals surface area contributed by atoms with Gasteiger partial charge in [-0.25, -0.2) is 0 Å². The summed E-state index contributed by atoms with van der Waals surface area (Å²) in [4.78, 5) is 11.4. The summed E-state index contributed by atoms with van der Waals surface area (Å²) < 4.78 is 5.76. The Kier molecular flexibility index (Phi) is 4.38. The number of carbonyl (C=O) groups is 1.